The van der Waals surface area contributed by atoms with Crippen molar-refractivity contribution in [1.29, 1.82) is 0 Å². The highest BCUT2D eigenvalue weighted by molar-refractivity contribution is 7.12. The molecule has 0 aliphatic carbocycles. The molecule has 2 N–H and O–H groups in total. The summed E-state index contributed by atoms with van der Waals surface area (Å²) in [5.74, 6) is -1.06. The van der Waals surface area contributed by atoms with Crippen LogP contribution in [-0.2, 0) is 16.0 Å². The lowest BCUT2D eigenvalue weighted by Gasteiger charge is -2.24. The van der Waals surface area contributed by atoms with E-state index in [-0.39, 0.29) is 24.3 Å². The van der Waals surface area contributed by atoms with Gasteiger partial charge in [0.05, 0.1) is 22.1 Å². The zero-order chi connectivity index (χ0) is 22.2. The summed E-state index contributed by atoms with van der Waals surface area (Å²) in [4.78, 5) is 39.9. The fourth-order valence-electron chi connectivity index (χ4n) is 3.00. The van der Waals surface area contributed by atoms with E-state index in [0.717, 1.165) is 5.56 Å². The minimum atomic E-state index is -0.810. The lowest BCUT2D eigenvalue weighted by molar-refractivity contribution is -0.135. The highest BCUT2D eigenvalue weighted by Crippen LogP contribution is 2.20. The van der Waals surface area contributed by atoms with Crippen LogP contribution < -0.4 is 10.6 Å². The minimum Gasteiger partial charge on any atom is -0.339 e. The summed E-state index contributed by atoms with van der Waals surface area (Å²) < 4.78 is 0. The number of carbonyl (C=O) groups is 3. The Morgan fingerprint density at radius 1 is 1.00 bits per heavy atom. The van der Waals surface area contributed by atoms with Gasteiger partial charge in [-0.3, -0.25) is 14.4 Å². The number of likely N-dealkylation sites (N-methyl/N-ethyl adjacent to an activating group) is 1. The number of halogens is 1. The number of para-hydroxylation sites is 1. The predicted octanol–water partition coefficient (Wildman–Crippen LogP) is 3.84. The highest BCUT2D eigenvalue weighted by atomic mass is 35.5. The molecule has 3 amide bonds. The van der Waals surface area contributed by atoms with Crippen molar-refractivity contribution in [3.05, 3.63) is 87.6 Å². The summed E-state index contributed by atoms with van der Waals surface area (Å²) in [7, 11) is 1.53. The molecule has 3 aromatic rings. The molecule has 3 rings (SSSR count). The van der Waals surface area contributed by atoms with Crippen molar-refractivity contribution >= 4 is 46.3 Å². The van der Waals surface area contributed by atoms with E-state index in [1.807, 2.05) is 30.3 Å². The Kier molecular flexibility index (Phi) is 7.81. The number of hydrogen-bond acceptors (Lipinski definition) is 4. The fourth-order valence-corrected chi connectivity index (χ4v) is 3.81. The molecule has 0 fully saturated rings. The molecule has 8 heteroatoms. The molecule has 31 heavy (non-hydrogen) atoms. The van der Waals surface area contributed by atoms with Crippen LogP contribution in [0.15, 0.2) is 72.1 Å². The number of thiophene rings is 1. The number of nitrogens with one attached hydrogen (secondary N) is 2. The normalized spacial score (nSPS) is 11.4. The molecule has 160 valence electrons. The zero-order valence-corrected chi connectivity index (χ0v) is 18.5. The van der Waals surface area contributed by atoms with Gasteiger partial charge >= 0.3 is 0 Å². The summed E-state index contributed by atoms with van der Waals surface area (Å²) in [6.07, 6.45) is 0.313. The number of hydrogen-bond donors (Lipinski definition) is 2. The van der Waals surface area contributed by atoms with Gasteiger partial charge in [-0.1, -0.05) is 60.1 Å². The molecule has 0 aliphatic rings. The smallest absolute Gasteiger partial charge is 0.262 e. The Balaban J connectivity index is 1.69. The first-order valence-corrected chi connectivity index (χ1v) is 10.9. The average Bonchev–Trinajstić information content (AvgIpc) is 3.30. The third-order valence-corrected chi connectivity index (χ3v) is 5.73. The van der Waals surface area contributed by atoms with Crippen LogP contribution in [0.5, 0.6) is 0 Å². The van der Waals surface area contributed by atoms with Gasteiger partial charge in [-0.2, -0.15) is 0 Å². The van der Waals surface area contributed by atoms with Crippen molar-refractivity contribution in [3.63, 3.8) is 0 Å². The maximum Gasteiger partial charge on any atom is 0.262 e. The van der Waals surface area contributed by atoms with Crippen molar-refractivity contribution in [3.8, 4) is 0 Å². The standard InChI is InChI=1S/C23H22ClN3O3S/c1-27(15-21(28)25-18-11-6-5-10-17(18)24)23(30)19(14-16-8-3-2-4-9-16)26-22(29)20-12-7-13-31-20/h2-13,19H,14-15H2,1H3,(H,25,28)(H,26,29). The Bertz CT molecular complexity index is 1040. The predicted molar refractivity (Wildman–Crippen MR) is 123 cm³/mol. The van der Waals surface area contributed by atoms with Gasteiger partial charge in [-0.05, 0) is 29.1 Å². The summed E-state index contributed by atoms with van der Waals surface area (Å²) in [5.41, 5.74) is 1.38. The summed E-state index contributed by atoms with van der Waals surface area (Å²) in [5, 5.41) is 7.72. The second-order valence-corrected chi connectivity index (χ2v) is 8.27. The first-order valence-electron chi connectivity index (χ1n) is 9.61. The molecule has 1 heterocycles. The molecule has 0 saturated carbocycles. The maximum absolute atomic E-state index is 13.1. The largest absolute Gasteiger partial charge is 0.339 e. The van der Waals surface area contributed by atoms with Crippen LogP contribution in [-0.4, -0.2) is 42.3 Å². The molecule has 6 nitrogen and oxygen atoms in total. The Labute approximate surface area is 189 Å². The van der Waals surface area contributed by atoms with Crippen LogP contribution in [0.2, 0.25) is 5.02 Å². The van der Waals surface area contributed by atoms with E-state index in [0.29, 0.717) is 22.0 Å². The van der Waals surface area contributed by atoms with E-state index in [9.17, 15) is 14.4 Å². The van der Waals surface area contributed by atoms with Crippen molar-refractivity contribution in [2.24, 2.45) is 0 Å². The van der Waals surface area contributed by atoms with Crippen LogP contribution in [0.3, 0.4) is 0 Å². The minimum absolute atomic E-state index is 0.176. The van der Waals surface area contributed by atoms with Gasteiger partial charge in [0.1, 0.15) is 6.04 Å². The molecule has 0 radical (unpaired) electrons. The zero-order valence-electron chi connectivity index (χ0n) is 16.9. The molecule has 0 aliphatic heterocycles. The number of nitrogens with zero attached hydrogens (tertiary/aromatic N) is 1. The van der Waals surface area contributed by atoms with E-state index < -0.39 is 6.04 Å². The SMILES string of the molecule is CN(CC(=O)Nc1ccccc1Cl)C(=O)C(Cc1ccccc1)NC(=O)c1cccs1. The van der Waals surface area contributed by atoms with Crippen LogP contribution in [0.1, 0.15) is 15.2 Å². The summed E-state index contributed by atoms with van der Waals surface area (Å²) in [6, 6.07) is 18.9. The molecule has 1 aromatic heterocycles. The number of anilines is 1. The average molecular weight is 456 g/mol. The molecule has 0 spiro atoms. The summed E-state index contributed by atoms with van der Waals surface area (Å²) >= 11 is 7.37. The van der Waals surface area contributed by atoms with Crippen LogP contribution >= 0.6 is 22.9 Å². The lowest BCUT2D eigenvalue weighted by Crippen LogP contribution is -2.50. The van der Waals surface area contributed by atoms with Crippen LogP contribution in [0, 0.1) is 0 Å². The fraction of sp³-hybridized carbons (Fsp3) is 0.174. The van der Waals surface area contributed by atoms with Gasteiger partial charge in [-0.15, -0.1) is 11.3 Å². The van der Waals surface area contributed by atoms with E-state index in [1.54, 1.807) is 41.8 Å². The molecule has 2 aromatic carbocycles. The Morgan fingerprint density at radius 3 is 2.39 bits per heavy atom. The maximum atomic E-state index is 13.1. The second-order valence-electron chi connectivity index (χ2n) is 6.92. The second kappa shape index (κ2) is 10.7. The van der Waals surface area contributed by atoms with Crippen molar-refractivity contribution in [2.45, 2.75) is 12.5 Å². The number of amides is 3. The van der Waals surface area contributed by atoms with Gasteiger partial charge in [0, 0.05) is 13.5 Å². The van der Waals surface area contributed by atoms with E-state index >= 15 is 0 Å². The van der Waals surface area contributed by atoms with Crippen molar-refractivity contribution < 1.29 is 14.4 Å². The van der Waals surface area contributed by atoms with Gasteiger partial charge < -0.3 is 15.5 Å². The van der Waals surface area contributed by atoms with Crippen LogP contribution in [0.4, 0.5) is 5.69 Å². The molecular weight excluding hydrogens is 434 g/mol. The van der Waals surface area contributed by atoms with E-state index in [2.05, 4.69) is 10.6 Å². The number of carbonyl (C=O) groups excluding carboxylic acids is 3. The molecular formula is C23H22ClN3O3S. The third kappa shape index (κ3) is 6.41. The Morgan fingerprint density at radius 2 is 1.71 bits per heavy atom. The first kappa shape index (κ1) is 22.5. The monoisotopic (exact) mass is 455 g/mol. The topological polar surface area (TPSA) is 78.5 Å². The van der Waals surface area contributed by atoms with Gasteiger partial charge in [-0.25, -0.2) is 0 Å². The Hall–Kier alpha value is -3.16. The number of benzene rings is 2. The van der Waals surface area contributed by atoms with Gasteiger partial charge in [0.15, 0.2) is 0 Å². The first-order chi connectivity index (χ1) is 14.9. The lowest BCUT2D eigenvalue weighted by atomic mass is 10.0. The molecule has 1 atom stereocenters. The number of rotatable bonds is 8. The van der Waals surface area contributed by atoms with E-state index in [1.165, 1.54) is 23.3 Å². The molecule has 1 unspecified atom stereocenters. The van der Waals surface area contributed by atoms with E-state index in [4.69, 9.17) is 11.6 Å². The van der Waals surface area contributed by atoms with Crippen molar-refractivity contribution in [1.82, 2.24) is 10.2 Å². The van der Waals surface area contributed by atoms with Crippen LogP contribution in [0.25, 0.3) is 0 Å². The van der Waals surface area contributed by atoms with Crippen molar-refractivity contribution in [2.75, 3.05) is 18.9 Å². The third-order valence-electron chi connectivity index (χ3n) is 4.54. The quantitative estimate of drug-likeness (QED) is 0.541. The van der Waals surface area contributed by atoms with Gasteiger partial charge in [0.25, 0.3) is 5.91 Å². The highest BCUT2D eigenvalue weighted by Gasteiger charge is 2.26. The summed E-state index contributed by atoms with van der Waals surface area (Å²) in [6.45, 7) is -0.176. The molecule has 0 bridgehead atoms. The molecule has 0 saturated heterocycles. The van der Waals surface area contributed by atoms with Gasteiger partial charge in [0.2, 0.25) is 11.8 Å².